The van der Waals surface area contributed by atoms with Gasteiger partial charge < -0.3 is 5.11 Å². The Labute approximate surface area is 137 Å². The zero-order chi connectivity index (χ0) is 18.2. The van der Waals surface area contributed by atoms with Gasteiger partial charge in [-0.15, -0.1) is 0 Å². The van der Waals surface area contributed by atoms with Gasteiger partial charge in [0.1, 0.15) is 0 Å². The van der Waals surface area contributed by atoms with Crippen molar-refractivity contribution in [2.75, 3.05) is 0 Å². The number of sulfonamides is 1. The van der Waals surface area contributed by atoms with Gasteiger partial charge >= 0.3 is 5.97 Å². The van der Waals surface area contributed by atoms with Crippen LogP contribution < -0.4 is 5.14 Å². The second-order valence-electron chi connectivity index (χ2n) is 4.39. The van der Waals surface area contributed by atoms with Crippen LogP contribution in [0.4, 0.5) is 17.6 Å². The van der Waals surface area contributed by atoms with Crippen molar-refractivity contribution in [3.63, 3.8) is 0 Å². The molecule has 3 N–H and O–H groups in total. The van der Waals surface area contributed by atoms with E-state index in [1.807, 2.05) is 0 Å². The van der Waals surface area contributed by atoms with Crippen LogP contribution in [0.15, 0.2) is 39.0 Å². The number of halogens is 4. The molecule has 2 aromatic rings. The van der Waals surface area contributed by atoms with Gasteiger partial charge in [0.25, 0.3) is 0 Å². The average molecular weight is 381 g/mol. The number of primary sulfonamides is 1. The summed E-state index contributed by atoms with van der Waals surface area (Å²) in [5.41, 5.74) is -0.109. The SMILES string of the molecule is NS(=O)(=O)c1c(F)c(F)c(Sc2ccc(C(=O)O)cc2)c(F)c1F. The number of hydrogen-bond acceptors (Lipinski definition) is 4. The van der Waals surface area contributed by atoms with E-state index < -0.39 is 49.1 Å². The molecule has 2 rings (SSSR count). The minimum atomic E-state index is -5.02. The lowest BCUT2D eigenvalue weighted by Crippen LogP contribution is -2.19. The van der Waals surface area contributed by atoms with Crippen LogP contribution in [0.25, 0.3) is 0 Å². The summed E-state index contributed by atoms with van der Waals surface area (Å²) in [6.45, 7) is 0. The molecule has 0 unspecified atom stereocenters. The molecule has 0 aliphatic heterocycles. The van der Waals surface area contributed by atoms with Gasteiger partial charge in [-0.05, 0) is 24.3 Å². The summed E-state index contributed by atoms with van der Waals surface area (Å²) in [6, 6.07) is 4.56. The van der Waals surface area contributed by atoms with Crippen molar-refractivity contribution >= 4 is 27.8 Å². The van der Waals surface area contributed by atoms with E-state index >= 15 is 0 Å². The average Bonchev–Trinajstić information content (AvgIpc) is 2.49. The van der Waals surface area contributed by atoms with Crippen molar-refractivity contribution in [3.8, 4) is 0 Å². The number of benzene rings is 2. The van der Waals surface area contributed by atoms with Crippen LogP contribution in [-0.2, 0) is 10.0 Å². The van der Waals surface area contributed by atoms with E-state index in [2.05, 4.69) is 5.14 Å². The Kier molecular flexibility index (Phi) is 4.87. The highest BCUT2D eigenvalue weighted by molar-refractivity contribution is 7.99. The predicted octanol–water partition coefficient (Wildman–Crippen LogP) is 2.74. The van der Waals surface area contributed by atoms with Crippen LogP contribution in [-0.4, -0.2) is 19.5 Å². The molecule has 0 amide bonds. The third kappa shape index (κ3) is 3.37. The van der Waals surface area contributed by atoms with E-state index in [9.17, 15) is 30.8 Å². The first-order valence-corrected chi connectivity index (χ1v) is 8.30. The molecule has 0 spiro atoms. The van der Waals surface area contributed by atoms with Crippen molar-refractivity contribution < 1.29 is 35.9 Å². The van der Waals surface area contributed by atoms with Gasteiger partial charge in [-0.1, -0.05) is 11.8 Å². The molecule has 0 atom stereocenters. The Morgan fingerprint density at radius 3 is 1.79 bits per heavy atom. The molecular weight excluding hydrogens is 374 g/mol. The minimum absolute atomic E-state index is 0.0694. The monoisotopic (exact) mass is 381 g/mol. The molecular formula is C13H7F4NO4S2. The molecule has 0 aromatic heterocycles. The summed E-state index contributed by atoms with van der Waals surface area (Å²) in [5.74, 6) is -9.36. The molecule has 0 saturated carbocycles. The number of carbonyl (C=O) groups is 1. The molecule has 24 heavy (non-hydrogen) atoms. The molecule has 2 aromatic carbocycles. The normalized spacial score (nSPS) is 11.5. The maximum absolute atomic E-state index is 13.9. The Bertz CT molecular complexity index is 901. The summed E-state index contributed by atoms with van der Waals surface area (Å²) in [6.07, 6.45) is 0. The van der Waals surface area contributed by atoms with Gasteiger partial charge in [-0.3, -0.25) is 0 Å². The Balaban J connectivity index is 2.54. The number of rotatable bonds is 4. The van der Waals surface area contributed by atoms with E-state index in [4.69, 9.17) is 5.11 Å². The number of carboxylic acids is 1. The van der Waals surface area contributed by atoms with Crippen molar-refractivity contribution in [1.82, 2.24) is 0 Å². The van der Waals surface area contributed by atoms with E-state index in [1.165, 1.54) is 0 Å². The molecule has 0 radical (unpaired) electrons. The fourth-order valence-corrected chi connectivity index (χ4v) is 3.26. The third-order valence-corrected chi connectivity index (χ3v) is 4.79. The molecule has 0 bridgehead atoms. The summed E-state index contributed by atoms with van der Waals surface area (Å²) < 4.78 is 77.4. The highest BCUT2D eigenvalue weighted by Crippen LogP contribution is 2.37. The van der Waals surface area contributed by atoms with Gasteiger partial charge in [0.15, 0.2) is 28.2 Å². The lowest BCUT2D eigenvalue weighted by atomic mass is 10.2. The fourth-order valence-electron chi connectivity index (χ4n) is 1.71. The van der Waals surface area contributed by atoms with E-state index in [-0.39, 0.29) is 22.2 Å². The Morgan fingerprint density at radius 1 is 0.958 bits per heavy atom. The van der Waals surface area contributed by atoms with Gasteiger partial charge in [0.05, 0.1) is 10.5 Å². The van der Waals surface area contributed by atoms with Gasteiger partial charge in [-0.25, -0.2) is 35.9 Å². The first kappa shape index (κ1) is 18.2. The number of hydrogen-bond donors (Lipinski definition) is 2. The Morgan fingerprint density at radius 2 is 1.42 bits per heavy atom. The predicted molar refractivity (Wildman–Crippen MR) is 75.2 cm³/mol. The highest BCUT2D eigenvalue weighted by atomic mass is 32.2. The quantitative estimate of drug-likeness (QED) is 0.627. The largest absolute Gasteiger partial charge is 0.478 e. The smallest absolute Gasteiger partial charge is 0.335 e. The van der Waals surface area contributed by atoms with Crippen LogP contribution in [0, 0.1) is 23.3 Å². The van der Waals surface area contributed by atoms with E-state index in [0.717, 1.165) is 24.3 Å². The van der Waals surface area contributed by atoms with Gasteiger partial charge in [-0.2, -0.15) is 0 Å². The second kappa shape index (κ2) is 6.42. The van der Waals surface area contributed by atoms with E-state index in [1.54, 1.807) is 0 Å². The molecule has 128 valence electrons. The van der Waals surface area contributed by atoms with Crippen molar-refractivity contribution in [3.05, 3.63) is 53.1 Å². The zero-order valence-corrected chi connectivity index (χ0v) is 13.0. The standard InChI is InChI=1S/C13H7F4NO4S2/c14-7-9(16)12(24(18,21)22)10(17)8(15)11(7)23-6-3-1-5(2-4-6)13(19)20/h1-4H,(H,19,20)(H2,18,21,22). The van der Waals surface area contributed by atoms with Crippen molar-refractivity contribution in [2.45, 2.75) is 14.7 Å². The molecule has 0 aliphatic rings. The molecule has 5 nitrogen and oxygen atoms in total. The highest BCUT2D eigenvalue weighted by Gasteiger charge is 2.31. The van der Waals surface area contributed by atoms with Crippen LogP contribution in [0.2, 0.25) is 0 Å². The molecule has 0 aliphatic carbocycles. The fraction of sp³-hybridized carbons (Fsp3) is 0. The van der Waals surface area contributed by atoms with Crippen molar-refractivity contribution in [2.24, 2.45) is 5.14 Å². The first-order valence-electron chi connectivity index (χ1n) is 5.94. The minimum Gasteiger partial charge on any atom is -0.478 e. The second-order valence-corrected chi connectivity index (χ2v) is 6.97. The first-order chi connectivity index (χ1) is 11.0. The van der Waals surface area contributed by atoms with Crippen molar-refractivity contribution in [1.29, 1.82) is 0 Å². The zero-order valence-electron chi connectivity index (χ0n) is 11.4. The van der Waals surface area contributed by atoms with Crippen LogP contribution >= 0.6 is 11.8 Å². The number of carboxylic acid groups (broad SMARTS) is 1. The van der Waals surface area contributed by atoms with Crippen LogP contribution in [0.1, 0.15) is 10.4 Å². The summed E-state index contributed by atoms with van der Waals surface area (Å²) >= 11 is 0.250. The number of nitrogens with two attached hydrogens (primary N) is 1. The van der Waals surface area contributed by atoms with Gasteiger partial charge in [0.2, 0.25) is 10.0 Å². The molecule has 0 fully saturated rings. The maximum atomic E-state index is 13.9. The summed E-state index contributed by atoms with van der Waals surface area (Å²) in [5, 5.41) is 13.3. The molecule has 0 saturated heterocycles. The topological polar surface area (TPSA) is 97.5 Å². The summed E-state index contributed by atoms with van der Waals surface area (Å²) in [4.78, 5) is 7.75. The molecule has 0 heterocycles. The Hall–Kier alpha value is -2.11. The van der Waals surface area contributed by atoms with Crippen LogP contribution in [0.5, 0.6) is 0 Å². The third-order valence-electron chi connectivity index (χ3n) is 2.79. The summed E-state index contributed by atoms with van der Waals surface area (Å²) in [7, 11) is -5.02. The lowest BCUT2D eigenvalue weighted by Gasteiger charge is -2.10. The van der Waals surface area contributed by atoms with E-state index in [0.29, 0.717) is 0 Å². The van der Waals surface area contributed by atoms with Crippen LogP contribution in [0.3, 0.4) is 0 Å². The van der Waals surface area contributed by atoms with Gasteiger partial charge in [0, 0.05) is 4.90 Å². The molecule has 11 heteroatoms. The maximum Gasteiger partial charge on any atom is 0.335 e. The lowest BCUT2D eigenvalue weighted by molar-refractivity contribution is 0.0696. The number of aromatic carboxylic acids is 1.